The normalized spacial score (nSPS) is 46.4. The number of rotatable bonds is 7. The minimum Gasteiger partial charge on any atom is -0.394 e. The summed E-state index contributed by atoms with van der Waals surface area (Å²) in [6.07, 6.45) is -8.06. The van der Waals surface area contributed by atoms with Crippen LogP contribution in [0.15, 0.2) is 0 Å². The molecule has 11 heteroatoms. The fourth-order valence-corrected chi connectivity index (χ4v) is 3.84. The van der Waals surface area contributed by atoms with Crippen LogP contribution in [-0.2, 0) is 28.4 Å². The van der Waals surface area contributed by atoms with Gasteiger partial charge in [-0.25, -0.2) is 0 Å². The van der Waals surface area contributed by atoms with E-state index in [2.05, 4.69) is 0 Å². The Morgan fingerprint density at radius 1 is 1.07 bits per heavy atom. The Balaban J connectivity index is 1.78. The number of unbranched alkanes of at least 4 members (excludes halogenated alkanes) is 1. The number of hydrogen-bond acceptors (Lipinski definition) is 11. The maximum absolute atomic E-state index is 10.4. The van der Waals surface area contributed by atoms with Crippen molar-refractivity contribution in [2.75, 3.05) is 19.8 Å². The molecule has 0 aromatic carbocycles. The number of aliphatic hydroxyl groups excluding tert-OH is 4. The van der Waals surface area contributed by atoms with E-state index in [0.29, 0.717) is 6.61 Å². The van der Waals surface area contributed by atoms with Crippen LogP contribution < -0.4 is 5.73 Å². The molecule has 10 atom stereocenters. The fourth-order valence-electron chi connectivity index (χ4n) is 3.84. The van der Waals surface area contributed by atoms with Gasteiger partial charge in [-0.2, -0.15) is 0 Å². The minimum absolute atomic E-state index is 0.229. The SMILES string of the molecule is CCCCO[C@@H]1OC2COC(C)(C)O[C@H]2C(O[C@@H]2OC(CO)[C@H](O)C(O)[C@@H]2O)[C@@H]1N. The summed E-state index contributed by atoms with van der Waals surface area (Å²) < 4.78 is 34.9. The Bertz CT molecular complexity index is 549. The third kappa shape index (κ3) is 5.13. The Labute approximate surface area is 175 Å². The van der Waals surface area contributed by atoms with Gasteiger partial charge in [-0.3, -0.25) is 0 Å². The van der Waals surface area contributed by atoms with Gasteiger partial charge < -0.3 is 54.6 Å². The third-order valence-electron chi connectivity index (χ3n) is 5.63. The molecule has 0 bridgehead atoms. The van der Waals surface area contributed by atoms with Crippen LogP contribution in [0.1, 0.15) is 33.6 Å². The highest BCUT2D eigenvalue weighted by atomic mass is 16.8. The van der Waals surface area contributed by atoms with Crippen LogP contribution in [0.25, 0.3) is 0 Å². The monoisotopic (exact) mass is 437 g/mol. The van der Waals surface area contributed by atoms with Crippen molar-refractivity contribution in [1.29, 1.82) is 0 Å². The first kappa shape index (κ1) is 24.2. The summed E-state index contributed by atoms with van der Waals surface area (Å²) in [5.74, 6) is -0.906. The van der Waals surface area contributed by atoms with Crippen molar-refractivity contribution in [3.63, 3.8) is 0 Å². The molecule has 3 aliphatic heterocycles. The first-order valence-corrected chi connectivity index (χ1v) is 10.5. The van der Waals surface area contributed by atoms with Gasteiger partial charge in [0.05, 0.1) is 19.3 Å². The average Bonchev–Trinajstić information content (AvgIpc) is 2.71. The smallest absolute Gasteiger partial charge is 0.187 e. The minimum atomic E-state index is -1.56. The molecule has 0 amide bonds. The molecule has 4 unspecified atom stereocenters. The summed E-state index contributed by atoms with van der Waals surface area (Å²) >= 11 is 0. The van der Waals surface area contributed by atoms with Gasteiger partial charge >= 0.3 is 0 Å². The van der Waals surface area contributed by atoms with Gasteiger partial charge in [-0.1, -0.05) is 13.3 Å². The third-order valence-corrected chi connectivity index (χ3v) is 5.63. The van der Waals surface area contributed by atoms with Crippen molar-refractivity contribution in [3.8, 4) is 0 Å². The molecule has 176 valence electrons. The first-order valence-electron chi connectivity index (χ1n) is 10.5. The van der Waals surface area contributed by atoms with E-state index in [1.165, 1.54) is 0 Å². The Morgan fingerprint density at radius 3 is 2.47 bits per heavy atom. The maximum atomic E-state index is 10.4. The molecular weight excluding hydrogens is 402 g/mol. The zero-order chi connectivity index (χ0) is 22.1. The fraction of sp³-hybridized carbons (Fsp3) is 1.00. The van der Waals surface area contributed by atoms with Gasteiger partial charge in [0.1, 0.15) is 42.7 Å². The predicted octanol–water partition coefficient (Wildman–Crippen LogP) is -1.81. The average molecular weight is 437 g/mol. The second-order valence-corrected chi connectivity index (χ2v) is 8.44. The van der Waals surface area contributed by atoms with E-state index in [9.17, 15) is 20.4 Å². The number of aliphatic hydroxyl groups is 4. The van der Waals surface area contributed by atoms with E-state index in [4.69, 9.17) is 34.2 Å². The lowest BCUT2D eigenvalue weighted by atomic mass is 9.94. The second kappa shape index (κ2) is 10.0. The molecule has 3 aliphatic rings. The largest absolute Gasteiger partial charge is 0.394 e. The number of ether oxygens (including phenoxy) is 6. The van der Waals surface area contributed by atoms with Gasteiger partial charge in [0.15, 0.2) is 18.4 Å². The molecule has 6 N–H and O–H groups in total. The van der Waals surface area contributed by atoms with E-state index in [-0.39, 0.29) is 6.61 Å². The highest BCUT2D eigenvalue weighted by Crippen LogP contribution is 2.35. The summed E-state index contributed by atoms with van der Waals surface area (Å²) in [7, 11) is 0. The quantitative estimate of drug-likeness (QED) is 0.285. The summed E-state index contributed by atoms with van der Waals surface area (Å²) in [6.45, 7) is 5.67. The van der Waals surface area contributed by atoms with E-state index in [1.54, 1.807) is 13.8 Å². The molecule has 3 saturated heterocycles. The molecule has 0 radical (unpaired) electrons. The van der Waals surface area contributed by atoms with Gasteiger partial charge in [0, 0.05) is 6.61 Å². The van der Waals surface area contributed by atoms with Crippen molar-refractivity contribution >= 4 is 0 Å². The van der Waals surface area contributed by atoms with Crippen LogP contribution in [0, 0.1) is 0 Å². The zero-order valence-corrected chi connectivity index (χ0v) is 17.6. The van der Waals surface area contributed by atoms with Crippen LogP contribution >= 0.6 is 0 Å². The molecular formula is C19H35NO10. The van der Waals surface area contributed by atoms with Crippen molar-refractivity contribution in [1.82, 2.24) is 0 Å². The Hall–Kier alpha value is -0.440. The van der Waals surface area contributed by atoms with Crippen molar-refractivity contribution < 1.29 is 48.8 Å². The number of fused-ring (bicyclic) bond motifs is 1. The Kier molecular flexibility index (Phi) is 8.07. The number of hydrogen-bond donors (Lipinski definition) is 5. The van der Waals surface area contributed by atoms with Gasteiger partial charge in [0.2, 0.25) is 0 Å². The standard InChI is InChI=1S/C19H35NO10/c1-4-5-6-25-17-11(20)16(15-10(28-17)8-26-19(2,3)30-15)29-18-14(24)13(23)12(22)9(7-21)27-18/h9-18,21-24H,4-8,20H2,1-3H3/t9?,10?,11-,12-,13?,14-,15+,16?,17+,18-/m0/s1. The van der Waals surface area contributed by atoms with E-state index in [0.717, 1.165) is 12.8 Å². The molecule has 0 saturated carbocycles. The summed E-state index contributed by atoms with van der Waals surface area (Å²) in [6, 6.07) is -0.788. The molecule has 0 aliphatic carbocycles. The maximum Gasteiger partial charge on any atom is 0.187 e. The van der Waals surface area contributed by atoms with Gasteiger partial charge in [0.25, 0.3) is 0 Å². The highest BCUT2D eigenvalue weighted by Gasteiger charge is 2.54. The van der Waals surface area contributed by atoms with Crippen molar-refractivity contribution in [2.45, 2.75) is 101 Å². The van der Waals surface area contributed by atoms with Crippen LogP contribution in [0.4, 0.5) is 0 Å². The molecule has 3 heterocycles. The van der Waals surface area contributed by atoms with Crippen molar-refractivity contribution in [2.24, 2.45) is 5.73 Å². The van der Waals surface area contributed by atoms with E-state index >= 15 is 0 Å². The van der Waals surface area contributed by atoms with Gasteiger partial charge in [-0.05, 0) is 20.3 Å². The summed E-state index contributed by atoms with van der Waals surface area (Å²) in [5, 5.41) is 39.9. The molecule has 0 aromatic rings. The van der Waals surface area contributed by atoms with Crippen molar-refractivity contribution in [3.05, 3.63) is 0 Å². The molecule has 30 heavy (non-hydrogen) atoms. The lowest BCUT2D eigenvalue weighted by molar-refractivity contribution is -0.391. The van der Waals surface area contributed by atoms with E-state index in [1.807, 2.05) is 6.92 Å². The lowest BCUT2D eigenvalue weighted by Gasteiger charge is -2.51. The van der Waals surface area contributed by atoms with E-state index < -0.39 is 73.7 Å². The topological polar surface area (TPSA) is 162 Å². The van der Waals surface area contributed by atoms with Crippen LogP contribution in [0.3, 0.4) is 0 Å². The zero-order valence-electron chi connectivity index (χ0n) is 17.6. The van der Waals surface area contributed by atoms with Crippen LogP contribution in [-0.4, -0.2) is 107 Å². The van der Waals surface area contributed by atoms with Crippen LogP contribution in [0.2, 0.25) is 0 Å². The first-order chi connectivity index (χ1) is 14.2. The molecule has 3 rings (SSSR count). The summed E-state index contributed by atoms with van der Waals surface area (Å²) in [4.78, 5) is 0. The van der Waals surface area contributed by atoms with Gasteiger partial charge in [-0.15, -0.1) is 0 Å². The molecule has 0 aromatic heterocycles. The molecule has 11 nitrogen and oxygen atoms in total. The highest BCUT2D eigenvalue weighted by molar-refractivity contribution is 4.98. The predicted molar refractivity (Wildman–Crippen MR) is 101 cm³/mol. The molecule has 0 spiro atoms. The molecule has 3 fully saturated rings. The Morgan fingerprint density at radius 2 is 1.80 bits per heavy atom. The summed E-state index contributed by atoms with van der Waals surface area (Å²) in [5.41, 5.74) is 6.40. The van der Waals surface area contributed by atoms with Crippen LogP contribution in [0.5, 0.6) is 0 Å². The number of nitrogens with two attached hydrogens (primary N) is 1. The second-order valence-electron chi connectivity index (χ2n) is 8.44. The lowest BCUT2D eigenvalue weighted by Crippen LogP contribution is -2.69.